The molecule has 4 rings (SSSR count). The predicted molar refractivity (Wildman–Crippen MR) is 120 cm³/mol. The zero-order valence-electron chi connectivity index (χ0n) is 17.6. The van der Waals surface area contributed by atoms with Crippen LogP contribution in [0.3, 0.4) is 0 Å². The van der Waals surface area contributed by atoms with E-state index in [0.29, 0.717) is 30.3 Å². The largest absolute Gasteiger partial charge is 0.464 e. The van der Waals surface area contributed by atoms with Crippen molar-refractivity contribution < 1.29 is 24.0 Å². The molecule has 1 amide bonds. The van der Waals surface area contributed by atoms with Gasteiger partial charge in [-0.25, -0.2) is 9.78 Å². The highest BCUT2D eigenvalue weighted by Crippen LogP contribution is 2.32. The van der Waals surface area contributed by atoms with E-state index in [2.05, 4.69) is 15.6 Å². The molecule has 10 heteroatoms. The molecule has 2 aromatic carbocycles. The smallest absolute Gasteiger partial charge is 0.328 e. The van der Waals surface area contributed by atoms with Crippen LogP contribution in [0, 0.1) is 10.1 Å². The number of carbonyl (C=O) groups is 2. The highest BCUT2D eigenvalue weighted by atomic mass is 16.6. The Hall–Kier alpha value is -4.47. The first kappa shape index (κ1) is 21.8. The average Bonchev–Trinajstić information content (AvgIpc) is 3.24. The van der Waals surface area contributed by atoms with E-state index >= 15 is 0 Å². The van der Waals surface area contributed by atoms with Gasteiger partial charge in [0.2, 0.25) is 5.88 Å². The minimum Gasteiger partial charge on any atom is -0.464 e. The molecular weight excluding hydrogens is 428 g/mol. The van der Waals surface area contributed by atoms with Crippen LogP contribution in [-0.4, -0.2) is 34.4 Å². The zero-order chi connectivity index (χ0) is 23.4. The second-order valence-corrected chi connectivity index (χ2v) is 7.22. The van der Waals surface area contributed by atoms with Crippen LogP contribution in [-0.2, 0) is 16.0 Å². The lowest BCUT2D eigenvalue weighted by atomic mass is 10.1. The highest BCUT2D eigenvalue weighted by Gasteiger charge is 2.28. The molecule has 1 aliphatic heterocycles. The van der Waals surface area contributed by atoms with Gasteiger partial charge < -0.3 is 20.1 Å². The van der Waals surface area contributed by atoms with Gasteiger partial charge in [0, 0.05) is 41.9 Å². The van der Waals surface area contributed by atoms with E-state index in [9.17, 15) is 19.7 Å². The third-order valence-electron chi connectivity index (χ3n) is 4.96. The molecule has 168 valence electrons. The third-order valence-corrected chi connectivity index (χ3v) is 4.96. The number of nitro benzene ring substituents is 1. The summed E-state index contributed by atoms with van der Waals surface area (Å²) >= 11 is 0. The Kier molecular flexibility index (Phi) is 6.16. The van der Waals surface area contributed by atoms with Gasteiger partial charge in [-0.15, -0.1) is 0 Å². The minimum absolute atomic E-state index is 0.0899. The van der Waals surface area contributed by atoms with Gasteiger partial charge in [0.15, 0.2) is 0 Å². The summed E-state index contributed by atoms with van der Waals surface area (Å²) in [6.45, 7) is 2.10. The van der Waals surface area contributed by atoms with Crippen molar-refractivity contribution in [1.29, 1.82) is 0 Å². The molecule has 2 heterocycles. The monoisotopic (exact) mass is 448 g/mol. The molecule has 1 aromatic heterocycles. The van der Waals surface area contributed by atoms with Crippen LogP contribution < -0.4 is 15.4 Å². The number of pyridine rings is 1. The summed E-state index contributed by atoms with van der Waals surface area (Å²) in [5.41, 5.74) is 2.44. The summed E-state index contributed by atoms with van der Waals surface area (Å²) in [5.74, 6) is 0.162. The normalized spacial score (nSPS) is 14.0. The number of hydrogen-bond donors (Lipinski definition) is 2. The Morgan fingerprint density at radius 1 is 1.18 bits per heavy atom. The Morgan fingerprint density at radius 2 is 1.97 bits per heavy atom. The standard InChI is InChI=1S/C23H20N4O6/c1-2-32-23(29)20-11-15-5-9-18(12-19(15)26-20)33-21-10-6-16(13-24-21)25-22(28)14-3-7-17(8-4-14)27(30)31/h3-10,12-13,20,26H,2,11H2,1H3,(H,25,28). The Morgan fingerprint density at radius 3 is 2.64 bits per heavy atom. The molecule has 0 saturated carbocycles. The van der Waals surface area contributed by atoms with Crippen LogP contribution >= 0.6 is 0 Å². The van der Waals surface area contributed by atoms with E-state index in [1.807, 2.05) is 6.07 Å². The van der Waals surface area contributed by atoms with Crippen LogP contribution in [0.4, 0.5) is 17.1 Å². The Labute approximate surface area is 188 Å². The molecule has 0 aliphatic carbocycles. The van der Waals surface area contributed by atoms with Gasteiger partial charge in [0.05, 0.1) is 23.4 Å². The first-order valence-electron chi connectivity index (χ1n) is 10.2. The topological polar surface area (TPSA) is 133 Å². The number of amides is 1. The summed E-state index contributed by atoms with van der Waals surface area (Å²) in [6, 6.07) is 13.6. The molecule has 3 aromatic rings. The number of rotatable bonds is 7. The Balaban J connectivity index is 1.37. The third kappa shape index (κ3) is 5.06. The van der Waals surface area contributed by atoms with Crippen LogP contribution in [0.25, 0.3) is 0 Å². The van der Waals surface area contributed by atoms with Crippen LogP contribution in [0.15, 0.2) is 60.8 Å². The fraction of sp³-hybridized carbons (Fsp3) is 0.174. The van der Waals surface area contributed by atoms with Gasteiger partial charge in [0.25, 0.3) is 11.6 Å². The predicted octanol–water partition coefficient (Wildman–Crippen LogP) is 3.93. The summed E-state index contributed by atoms with van der Waals surface area (Å²) in [4.78, 5) is 38.7. The van der Waals surface area contributed by atoms with Crippen LogP contribution in [0.2, 0.25) is 0 Å². The van der Waals surface area contributed by atoms with Crippen molar-refractivity contribution in [3.8, 4) is 11.6 Å². The SMILES string of the molecule is CCOC(=O)C1Cc2ccc(Oc3ccc(NC(=O)c4ccc([N+](=O)[O-])cc4)cn3)cc2N1. The molecule has 2 N–H and O–H groups in total. The number of nitro groups is 1. The maximum Gasteiger partial charge on any atom is 0.328 e. The summed E-state index contributed by atoms with van der Waals surface area (Å²) in [7, 11) is 0. The van der Waals surface area contributed by atoms with E-state index in [-0.39, 0.29) is 17.2 Å². The number of carbonyl (C=O) groups excluding carboxylic acids is 2. The van der Waals surface area contributed by atoms with Gasteiger partial charge in [-0.1, -0.05) is 6.07 Å². The first-order valence-corrected chi connectivity index (χ1v) is 10.2. The fourth-order valence-electron chi connectivity index (χ4n) is 3.35. The molecule has 10 nitrogen and oxygen atoms in total. The highest BCUT2D eigenvalue weighted by molar-refractivity contribution is 6.04. The molecule has 1 atom stereocenters. The molecule has 0 spiro atoms. The van der Waals surface area contributed by atoms with Crippen molar-refractivity contribution in [2.45, 2.75) is 19.4 Å². The minimum atomic E-state index is -0.528. The van der Waals surface area contributed by atoms with E-state index < -0.39 is 16.9 Å². The maximum absolute atomic E-state index is 12.3. The molecule has 0 saturated heterocycles. The number of anilines is 2. The number of nitrogens with one attached hydrogen (secondary N) is 2. The number of nitrogens with zero attached hydrogens (tertiary/aromatic N) is 2. The number of esters is 1. The molecule has 33 heavy (non-hydrogen) atoms. The quantitative estimate of drug-likeness (QED) is 0.316. The summed E-state index contributed by atoms with van der Waals surface area (Å²) < 4.78 is 10.8. The summed E-state index contributed by atoms with van der Waals surface area (Å²) in [5, 5.41) is 16.5. The van der Waals surface area contributed by atoms with Crippen molar-refractivity contribution in [2.75, 3.05) is 17.2 Å². The summed E-state index contributed by atoms with van der Waals surface area (Å²) in [6.07, 6.45) is 2.00. The zero-order valence-corrected chi connectivity index (χ0v) is 17.6. The van der Waals surface area contributed by atoms with Crippen LogP contribution in [0.5, 0.6) is 11.6 Å². The first-order chi connectivity index (χ1) is 15.9. The van der Waals surface area contributed by atoms with Gasteiger partial charge in [-0.05, 0) is 36.8 Å². The van der Waals surface area contributed by atoms with Crippen molar-refractivity contribution in [3.63, 3.8) is 0 Å². The van der Waals surface area contributed by atoms with Crippen molar-refractivity contribution in [1.82, 2.24) is 4.98 Å². The lowest BCUT2D eigenvalue weighted by Crippen LogP contribution is -2.28. The number of non-ortho nitro benzene ring substituents is 1. The lowest BCUT2D eigenvalue weighted by molar-refractivity contribution is -0.384. The average molecular weight is 448 g/mol. The number of aromatic nitrogens is 1. The molecular formula is C23H20N4O6. The number of ether oxygens (including phenoxy) is 2. The number of benzene rings is 2. The van der Waals surface area contributed by atoms with Gasteiger partial charge in [-0.3, -0.25) is 14.9 Å². The van der Waals surface area contributed by atoms with Crippen LogP contribution in [0.1, 0.15) is 22.8 Å². The maximum atomic E-state index is 12.3. The van der Waals surface area contributed by atoms with Gasteiger partial charge in [0.1, 0.15) is 11.8 Å². The molecule has 1 unspecified atom stereocenters. The fourth-order valence-corrected chi connectivity index (χ4v) is 3.35. The second kappa shape index (κ2) is 9.35. The molecule has 0 bridgehead atoms. The van der Waals surface area contributed by atoms with Crippen molar-refractivity contribution >= 4 is 28.9 Å². The second-order valence-electron chi connectivity index (χ2n) is 7.22. The number of hydrogen-bond acceptors (Lipinski definition) is 8. The van der Waals surface area contributed by atoms with Crippen molar-refractivity contribution in [2.24, 2.45) is 0 Å². The van der Waals surface area contributed by atoms with Crippen molar-refractivity contribution in [3.05, 3.63) is 82.0 Å². The van der Waals surface area contributed by atoms with E-state index in [1.54, 1.807) is 31.2 Å². The molecule has 1 aliphatic rings. The number of fused-ring (bicyclic) bond motifs is 1. The van der Waals surface area contributed by atoms with E-state index in [0.717, 1.165) is 11.3 Å². The molecule has 0 radical (unpaired) electrons. The lowest BCUT2D eigenvalue weighted by Gasteiger charge is -2.10. The Bertz CT molecular complexity index is 1190. The van der Waals surface area contributed by atoms with Gasteiger partial charge in [-0.2, -0.15) is 0 Å². The van der Waals surface area contributed by atoms with Gasteiger partial charge >= 0.3 is 5.97 Å². The molecule has 0 fully saturated rings. The van der Waals surface area contributed by atoms with E-state index in [4.69, 9.17) is 9.47 Å². The van der Waals surface area contributed by atoms with E-state index in [1.165, 1.54) is 30.5 Å².